The van der Waals surface area contributed by atoms with Gasteiger partial charge in [0.2, 0.25) is 0 Å². The smallest absolute Gasteiger partial charge is 0.0818 e. The average Bonchev–Trinajstić information content (AvgIpc) is 2.85. The molecule has 0 saturated heterocycles. The van der Waals surface area contributed by atoms with E-state index < -0.39 is 0 Å². The van der Waals surface area contributed by atoms with Crippen LogP contribution in [0.2, 0.25) is 0 Å². The van der Waals surface area contributed by atoms with E-state index in [2.05, 4.69) is 41.6 Å². The van der Waals surface area contributed by atoms with Gasteiger partial charge in [0, 0.05) is 11.1 Å². The van der Waals surface area contributed by atoms with Crippen molar-refractivity contribution >= 4 is 11.3 Å². The minimum atomic E-state index is 0.0402. The average molecular weight is 233 g/mol. The zero-order chi connectivity index (χ0) is 11.4. The van der Waals surface area contributed by atoms with Crippen LogP contribution in [-0.2, 0) is 6.42 Å². The van der Waals surface area contributed by atoms with Crippen LogP contribution in [0.15, 0.2) is 36.0 Å². The van der Waals surface area contributed by atoms with Crippen LogP contribution in [0, 0.1) is 0 Å². The Morgan fingerprint density at radius 2 is 2.12 bits per heavy atom. The minimum Gasteiger partial charge on any atom is -0.271 e. The molecule has 0 saturated carbocycles. The molecule has 0 radical (unpaired) electrons. The summed E-state index contributed by atoms with van der Waals surface area (Å²) in [6.45, 7) is 2.15. The number of hydrazine groups is 1. The van der Waals surface area contributed by atoms with Gasteiger partial charge in [-0.25, -0.2) is 5.43 Å². The van der Waals surface area contributed by atoms with Crippen LogP contribution in [0.25, 0.3) is 0 Å². The highest BCUT2D eigenvalue weighted by Crippen LogP contribution is 2.24. The van der Waals surface area contributed by atoms with Gasteiger partial charge in [0.25, 0.3) is 0 Å². The molecule has 0 fully saturated rings. The fourth-order valence-corrected chi connectivity index (χ4v) is 2.36. The van der Waals surface area contributed by atoms with Crippen LogP contribution in [0.3, 0.4) is 0 Å². The van der Waals surface area contributed by atoms with E-state index in [-0.39, 0.29) is 6.04 Å². The van der Waals surface area contributed by atoms with Gasteiger partial charge in [0.1, 0.15) is 0 Å². The van der Waals surface area contributed by atoms with E-state index >= 15 is 0 Å². The summed E-state index contributed by atoms with van der Waals surface area (Å²) < 4.78 is 0. The lowest BCUT2D eigenvalue weighted by atomic mass is 10.0. The molecular weight excluding hydrogens is 218 g/mol. The first-order valence-corrected chi connectivity index (χ1v) is 6.16. The molecule has 1 aromatic carbocycles. The van der Waals surface area contributed by atoms with Crippen LogP contribution in [0.1, 0.15) is 29.0 Å². The molecule has 0 aliphatic rings. The standard InChI is InChI=1S/C12H15N3S/c1-2-9-3-5-10(6-4-9)12(15-13)11-7-14-8-16-11/h3-8,12,15H,2,13H2,1H3. The molecule has 3 nitrogen and oxygen atoms in total. The molecule has 84 valence electrons. The van der Waals surface area contributed by atoms with Crippen LogP contribution in [0.5, 0.6) is 0 Å². The third-order valence-electron chi connectivity index (χ3n) is 2.62. The zero-order valence-corrected chi connectivity index (χ0v) is 10.00. The molecule has 1 atom stereocenters. The fraction of sp³-hybridized carbons (Fsp3) is 0.250. The molecule has 2 aromatic rings. The zero-order valence-electron chi connectivity index (χ0n) is 9.18. The molecule has 4 heteroatoms. The first-order valence-electron chi connectivity index (χ1n) is 5.28. The Morgan fingerprint density at radius 1 is 1.38 bits per heavy atom. The quantitative estimate of drug-likeness (QED) is 0.629. The molecule has 0 spiro atoms. The Morgan fingerprint density at radius 3 is 2.62 bits per heavy atom. The number of hydrogen-bond donors (Lipinski definition) is 2. The van der Waals surface area contributed by atoms with E-state index in [1.807, 2.05) is 11.7 Å². The van der Waals surface area contributed by atoms with Crippen LogP contribution >= 0.6 is 11.3 Å². The number of nitrogens with one attached hydrogen (secondary N) is 1. The van der Waals surface area contributed by atoms with Gasteiger partial charge in [-0.05, 0) is 17.5 Å². The molecule has 16 heavy (non-hydrogen) atoms. The minimum absolute atomic E-state index is 0.0402. The van der Waals surface area contributed by atoms with Crippen molar-refractivity contribution in [1.29, 1.82) is 0 Å². The lowest BCUT2D eigenvalue weighted by molar-refractivity contribution is 0.645. The third-order valence-corrected chi connectivity index (χ3v) is 3.46. The maximum Gasteiger partial charge on any atom is 0.0818 e. The number of nitrogens with zero attached hydrogens (tertiary/aromatic N) is 1. The summed E-state index contributed by atoms with van der Waals surface area (Å²) in [4.78, 5) is 5.20. The molecule has 0 bridgehead atoms. The SMILES string of the molecule is CCc1ccc(C(NN)c2cncs2)cc1. The third kappa shape index (κ3) is 2.29. The largest absolute Gasteiger partial charge is 0.271 e. The van der Waals surface area contributed by atoms with Crippen molar-refractivity contribution < 1.29 is 0 Å². The predicted molar refractivity (Wildman–Crippen MR) is 67.1 cm³/mol. The highest BCUT2D eigenvalue weighted by atomic mass is 32.1. The van der Waals surface area contributed by atoms with E-state index in [4.69, 9.17) is 5.84 Å². The second-order valence-corrected chi connectivity index (χ2v) is 4.52. The fourth-order valence-electron chi connectivity index (χ4n) is 1.66. The predicted octanol–water partition coefficient (Wildman–Crippen LogP) is 2.26. The second-order valence-electron chi connectivity index (χ2n) is 3.60. The second kappa shape index (κ2) is 5.21. The number of thiazole rings is 1. The lowest BCUT2D eigenvalue weighted by Gasteiger charge is -2.14. The summed E-state index contributed by atoms with van der Waals surface area (Å²) in [5.41, 5.74) is 7.16. The first-order chi connectivity index (χ1) is 7.85. The number of aromatic nitrogens is 1. The first kappa shape index (κ1) is 11.3. The number of nitrogens with two attached hydrogens (primary N) is 1. The molecule has 0 aliphatic carbocycles. The van der Waals surface area contributed by atoms with Crippen molar-refractivity contribution in [2.45, 2.75) is 19.4 Å². The summed E-state index contributed by atoms with van der Waals surface area (Å²) in [5.74, 6) is 5.60. The van der Waals surface area contributed by atoms with Gasteiger partial charge in [0.05, 0.1) is 11.6 Å². The number of rotatable bonds is 4. The van der Waals surface area contributed by atoms with E-state index in [9.17, 15) is 0 Å². The molecule has 1 unspecified atom stereocenters. The maximum atomic E-state index is 5.60. The van der Waals surface area contributed by atoms with Crippen molar-refractivity contribution in [2.24, 2.45) is 5.84 Å². The van der Waals surface area contributed by atoms with Gasteiger partial charge in [0.15, 0.2) is 0 Å². The Kier molecular flexibility index (Phi) is 3.66. The van der Waals surface area contributed by atoms with E-state index in [1.54, 1.807) is 11.3 Å². The van der Waals surface area contributed by atoms with Gasteiger partial charge in [-0.2, -0.15) is 0 Å². The Bertz CT molecular complexity index is 422. The summed E-state index contributed by atoms with van der Waals surface area (Å²) in [6.07, 6.45) is 2.91. The van der Waals surface area contributed by atoms with Crippen molar-refractivity contribution in [1.82, 2.24) is 10.4 Å². The maximum absolute atomic E-state index is 5.60. The van der Waals surface area contributed by atoms with Crippen LogP contribution < -0.4 is 11.3 Å². The Labute approximate surface area is 99.3 Å². The van der Waals surface area contributed by atoms with Crippen molar-refractivity contribution in [2.75, 3.05) is 0 Å². The van der Waals surface area contributed by atoms with Gasteiger partial charge < -0.3 is 0 Å². The molecule has 2 rings (SSSR count). The Balaban J connectivity index is 2.27. The molecule has 1 aromatic heterocycles. The topological polar surface area (TPSA) is 50.9 Å². The highest BCUT2D eigenvalue weighted by Gasteiger charge is 2.13. The van der Waals surface area contributed by atoms with Gasteiger partial charge in [-0.15, -0.1) is 11.3 Å². The van der Waals surface area contributed by atoms with Gasteiger partial charge in [-0.1, -0.05) is 31.2 Å². The number of benzene rings is 1. The summed E-state index contributed by atoms with van der Waals surface area (Å²) in [7, 11) is 0. The van der Waals surface area contributed by atoms with E-state index in [0.29, 0.717) is 0 Å². The summed E-state index contributed by atoms with van der Waals surface area (Å²) in [6, 6.07) is 8.55. The summed E-state index contributed by atoms with van der Waals surface area (Å²) >= 11 is 1.61. The normalized spacial score (nSPS) is 12.6. The molecular formula is C12H15N3S. The monoisotopic (exact) mass is 233 g/mol. The van der Waals surface area contributed by atoms with Gasteiger partial charge >= 0.3 is 0 Å². The molecule has 0 aliphatic heterocycles. The lowest BCUT2D eigenvalue weighted by Crippen LogP contribution is -2.28. The van der Waals surface area contributed by atoms with E-state index in [0.717, 1.165) is 11.3 Å². The number of hydrogen-bond acceptors (Lipinski definition) is 4. The summed E-state index contributed by atoms with van der Waals surface area (Å²) in [5, 5.41) is 0. The molecule has 0 amide bonds. The van der Waals surface area contributed by atoms with Crippen LogP contribution in [-0.4, -0.2) is 4.98 Å². The van der Waals surface area contributed by atoms with Crippen molar-refractivity contribution in [3.05, 3.63) is 52.0 Å². The number of aryl methyl sites for hydroxylation is 1. The van der Waals surface area contributed by atoms with Gasteiger partial charge in [-0.3, -0.25) is 10.8 Å². The van der Waals surface area contributed by atoms with Crippen molar-refractivity contribution in [3.8, 4) is 0 Å². The molecule has 3 N–H and O–H groups in total. The molecule has 1 heterocycles. The van der Waals surface area contributed by atoms with Crippen molar-refractivity contribution in [3.63, 3.8) is 0 Å². The van der Waals surface area contributed by atoms with Crippen LogP contribution in [0.4, 0.5) is 0 Å². The van der Waals surface area contributed by atoms with E-state index in [1.165, 1.54) is 11.1 Å². The Hall–Kier alpha value is -1.23. The highest BCUT2D eigenvalue weighted by molar-refractivity contribution is 7.09.